The third kappa shape index (κ3) is 5.11. The van der Waals surface area contributed by atoms with Gasteiger partial charge < -0.3 is 15.0 Å². The summed E-state index contributed by atoms with van der Waals surface area (Å²) in [6.07, 6.45) is 3.31. The van der Waals surface area contributed by atoms with E-state index >= 15 is 0 Å². The number of hydrogen-bond acceptors (Lipinski definition) is 3. The number of nitrogens with zero attached hydrogens (tertiary/aromatic N) is 1. The summed E-state index contributed by atoms with van der Waals surface area (Å²) in [6, 6.07) is 7.90. The van der Waals surface area contributed by atoms with Crippen molar-refractivity contribution in [1.82, 2.24) is 10.2 Å². The van der Waals surface area contributed by atoms with Crippen LogP contribution < -0.4 is 5.32 Å². The number of benzene rings is 1. The molecule has 122 valence electrons. The highest BCUT2D eigenvalue weighted by molar-refractivity contribution is 5.94. The van der Waals surface area contributed by atoms with E-state index in [-0.39, 0.29) is 5.91 Å². The van der Waals surface area contributed by atoms with Gasteiger partial charge in [-0.15, -0.1) is 0 Å². The summed E-state index contributed by atoms with van der Waals surface area (Å²) in [5.41, 5.74) is 2.02. The number of carbonyl (C=O) groups excluding carboxylic acids is 1. The average Bonchev–Trinajstić information content (AvgIpc) is 2.58. The third-order valence-electron chi connectivity index (χ3n) is 4.49. The number of carbonyl (C=O) groups is 1. The predicted octanol–water partition coefficient (Wildman–Crippen LogP) is 2.34. The van der Waals surface area contributed by atoms with Crippen LogP contribution in [0.4, 0.5) is 0 Å². The predicted molar refractivity (Wildman–Crippen MR) is 89.2 cm³/mol. The van der Waals surface area contributed by atoms with Gasteiger partial charge in [0.15, 0.2) is 0 Å². The molecule has 2 rings (SSSR count). The minimum atomic E-state index is 0.0458. The van der Waals surface area contributed by atoms with E-state index in [0.717, 1.165) is 57.6 Å². The second kappa shape index (κ2) is 8.91. The van der Waals surface area contributed by atoms with E-state index < -0.39 is 0 Å². The fourth-order valence-corrected chi connectivity index (χ4v) is 2.87. The van der Waals surface area contributed by atoms with Crippen molar-refractivity contribution in [3.05, 3.63) is 35.4 Å². The molecule has 0 atom stereocenters. The zero-order chi connectivity index (χ0) is 15.8. The van der Waals surface area contributed by atoms with Gasteiger partial charge in [0.05, 0.1) is 6.61 Å². The molecule has 0 radical (unpaired) electrons. The van der Waals surface area contributed by atoms with Gasteiger partial charge in [0.25, 0.3) is 5.91 Å². The van der Waals surface area contributed by atoms with Gasteiger partial charge >= 0.3 is 0 Å². The van der Waals surface area contributed by atoms with Crippen molar-refractivity contribution in [3.8, 4) is 0 Å². The van der Waals surface area contributed by atoms with Crippen molar-refractivity contribution >= 4 is 5.91 Å². The molecule has 1 aliphatic rings. The molecular formula is C18H28N2O2. The van der Waals surface area contributed by atoms with Crippen LogP contribution in [0.2, 0.25) is 0 Å². The lowest BCUT2D eigenvalue weighted by molar-refractivity contribution is 0.0926. The number of methoxy groups -OCH3 is 1. The van der Waals surface area contributed by atoms with Gasteiger partial charge in [-0.05, 0) is 56.0 Å². The van der Waals surface area contributed by atoms with Crippen LogP contribution in [-0.2, 0) is 11.2 Å². The molecule has 0 bridgehead atoms. The van der Waals surface area contributed by atoms with Crippen LogP contribution in [0.5, 0.6) is 0 Å². The Bertz CT molecular complexity index is 451. The Labute approximate surface area is 133 Å². The zero-order valence-corrected chi connectivity index (χ0v) is 13.8. The quantitative estimate of drug-likeness (QED) is 0.840. The molecule has 1 aromatic rings. The van der Waals surface area contributed by atoms with E-state index in [4.69, 9.17) is 4.74 Å². The number of likely N-dealkylation sites (tertiary alicyclic amines) is 1. The highest BCUT2D eigenvalue weighted by Crippen LogP contribution is 2.16. The number of rotatable bonds is 7. The molecule has 1 aromatic carbocycles. The largest absolute Gasteiger partial charge is 0.383 e. The summed E-state index contributed by atoms with van der Waals surface area (Å²) < 4.78 is 5.12. The smallest absolute Gasteiger partial charge is 0.251 e. The lowest BCUT2D eigenvalue weighted by atomic mass is 9.96. The Balaban J connectivity index is 1.70. The summed E-state index contributed by atoms with van der Waals surface area (Å²) in [4.78, 5) is 14.6. The average molecular weight is 304 g/mol. The summed E-state index contributed by atoms with van der Waals surface area (Å²) in [5, 5.41) is 3.08. The van der Waals surface area contributed by atoms with Crippen LogP contribution in [0.15, 0.2) is 24.3 Å². The first-order valence-electron chi connectivity index (χ1n) is 8.31. The molecule has 1 aliphatic heterocycles. The first-order chi connectivity index (χ1) is 10.7. The van der Waals surface area contributed by atoms with Crippen LogP contribution >= 0.6 is 0 Å². The summed E-state index contributed by atoms with van der Waals surface area (Å²) >= 11 is 0. The van der Waals surface area contributed by atoms with Crippen LogP contribution in [-0.4, -0.2) is 50.7 Å². The van der Waals surface area contributed by atoms with Gasteiger partial charge in [-0.2, -0.15) is 0 Å². The number of aryl methyl sites for hydroxylation is 1. The van der Waals surface area contributed by atoms with Crippen LogP contribution in [0.3, 0.4) is 0 Å². The molecule has 4 heteroatoms. The van der Waals surface area contributed by atoms with Crippen molar-refractivity contribution in [2.24, 2.45) is 5.92 Å². The molecule has 1 heterocycles. The Hall–Kier alpha value is -1.39. The molecule has 0 saturated carbocycles. The molecule has 1 fully saturated rings. The van der Waals surface area contributed by atoms with Crippen molar-refractivity contribution < 1.29 is 9.53 Å². The van der Waals surface area contributed by atoms with Gasteiger partial charge in [0.1, 0.15) is 0 Å². The Morgan fingerprint density at radius 2 is 1.95 bits per heavy atom. The molecule has 0 spiro atoms. The van der Waals surface area contributed by atoms with Gasteiger partial charge in [0, 0.05) is 25.8 Å². The Morgan fingerprint density at radius 1 is 1.27 bits per heavy atom. The normalized spacial score (nSPS) is 16.6. The molecule has 4 nitrogen and oxygen atoms in total. The maximum atomic E-state index is 12.2. The number of amides is 1. The number of ether oxygens (including phenoxy) is 1. The highest BCUT2D eigenvalue weighted by atomic mass is 16.5. The molecule has 0 aromatic heterocycles. The summed E-state index contributed by atoms with van der Waals surface area (Å²) in [6.45, 7) is 6.93. The Morgan fingerprint density at radius 3 is 2.55 bits per heavy atom. The maximum Gasteiger partial charge on any atom is 0.251 e. The second-order valence-corrected chi connectivity index (χ2v) is 6.04. The van der Waals surface area contributed by atoms with E-state index in [9.17, 15) is 4.79 Å². The van der Waals surface area contributed by atoms with Gasteiger partial charge in [-0.1, -0.05) is 19.1 Å². The first kappa shape index (κ1) is 17.0. The molecule has 22 heavy (non-hydrogen) atoms. The minimum absolute atomic E-state index is 0.0458. The van der Waals surface area contributed by atoms with Crippen LogP contribution in [0.25, 0.3) is 0 Å². The molecule has 1 saturated heterocycles. The van der Waals surface area contributed by atoms with Crippen LogP contribution in [0, 0.1) is 5.92 Å². The molecule has 0 unspecified atom stereocenters. The molecule has 0 aliphatic carbocycles. The van der Waals surface area contributed by atoms with Crippen LogP contribution in [0.1, 0.15) is 35.7 Å². The van der Waals surface area contributed by atoms with Crippen molar-refractivity contribution in [1.29, 1.82) is 0 Å². The third-order valence-corrected chi connectivity index (χ3v) is 4.49. The van der Waals surface area contributed by atoms with E-state index in [1.807, 2.05) is 24.3 Å². The fraction of sp³-hybridized carbons (Fsp3) is 0.611. The second-order valence-electron chi connectivity index (χ2n) is 6.04. The number of hydrogen-bond donors (Lipinski definition) is 1. The summed E-state index contributed by atoms with van der Waals surface area (Å²) in [7, 11) is 1.75. The fourth-order valence-electron chi connectivity index (χ4n) is 2.87. The van der Waals surface area contributed by atoms with E-state index in [1.54, 1.807) is 7.11 Å². The van der Waals surface area contributed by atoms with E-state index in [2.05, 4.69) is 17.1 Å². The topological polar surface area (TPSA) is 41.6 Å². The number of piperidine rings is 1. The van der Waals surface area contributed by atoms with E-state index in [0.29, 0.717) is 5.92 Å². The monoisotopic (exact) mass is 304 g/mol. The first-order valence-corrected chi connectivity index (χ1v) is 8.31. The lowest BCUT2D eigenvalue weighted by Crippen LogP contribution is -2.39. The van der Waals surface area contributed by atoms with Gasteiger partial charge in [-0.3, -0.25) is 4.79 Å². The Kier molecular flexibility index (Phi) is 6.87. The molecule has 1 amide bonds. The summed E-state index contributed by atoms with van der Waals surface area (Å²) in [5.74, 6) is 0.641. The van der Waals surface area contributed by atoms with Crippen molar-refractivity contribution in [3.63, 3.8) is 0 Å². The number of nitrogens with one attached hydrogen (secondary N) is 1. The molecule has 1 N–H and O–H groups in total. The van der Waals surface area contributed by atoms with E-state index in [1.165, 1.54) is 5.56 Å². The maximum absolute atomic E-state index is 12.2. The highest BCUT2D eigenvalue weighted by Gasteiger charge is 2.19. The van der Waals surface area contributed by atoms with Crippen molar-refractivity contribution in [2.45, 2.75) is 26.2 Å². The standard InChI is InChI=1S/C18H28N2O2/c1-3-15-4-6-17(7-5-15)18(21)19-14-16-8-10-20(11-9-16)12-13-22-2/h4-7,16H,3,8-14H2,1-2H3,(H,19,21). The van der Waals surface area contributed by atoms with Gasteiger partial charge in [-0.25, -0.2) is 0 Å². The SMILES string of the molecule is CCc1ccc(C(=O)NCC2CCN(CCOC)CC2)cc1. The molecular weight excluding hydrogens is 276 g/mol. The lowest BCUT2D eigenvalue weighted by Gasteiger charge is -2.31. The van der Waals surface area contributed by atoms with Crippen molar-refractivity contribution in [2.75, 3.05) is 39.9 Å². The minimum Gasteiger partial charge on any atom is -0.383 e. The van der Waals surface area contributed by atoms with Gasteiger partial charge in [0.2, 0.25) is 0 Å². The zero-order valence-electron chi connectivity index (χ0n) is 13.8.